The van der Waals surface area contributed by atoms with Gasteiger partial charge in [0.05, 0.1) is 16.8 Å². The van der Waals surface area contributed by atoms with Gasteiger partial charge in [0.2, 0.25) is 0 Å². The molecule has 2 heterocycles. The maximum atomic E-state index is 12.4. The molecule has 4 heteroatoms. The minimum absolute atomic E-state index is 0.0386. The van der Waals surface area contributed by atoms with Crippen molar-refractivity contribution in [3.63, 3.8) is 0 Å². The normalized spacial score (nSPS) is 29.9. The summed E-state index contributed by atoms with van der Waals surface area (Å²) in [7, 11) is -3.21. The van der Waals surface area contributed by atoms with Crippen LogP contribution in [0.5, 0.6) is 0 Å². The lowest BCUT2D eigenvalue weighted by Crippen LogP contribution is -2.15. The second-order valence-corrected chi connectivity index (χ2v) is 7.39. The van der Waals surface area contributed by atoms with Crippen LogP contribution in [0.1, 0.15) is 17.5 Å². The molecule has 2 aromatic rings. The Morgan fingerprint density at radius 1 is 1.00 bits per heavy atom. The number of epoxide rings is 1. The van der Waals surface area contributed by atoms with Crippen molar-refractivity contribution in [3.8, 4) is 0 Å². The first-order chi connectivity index (χ1) is 9.64. The zero-order valence-corrected chi connectivity index (χ0v) is 11.6. The fraction of sp³-hybridized carbons (Fsp3) is 0.250. The van der Waals surface area contributed by atoms with E-state index in [2.05, 4.69) is 0 Å². The molecular formula is C16H14O3S. The molecule has 0 aliphatic carbocycles. The largest absolute Gasteiger partial charge is 0.356 e. The van der Waals surface area contributed by atoms with Gasteiger partial charge in [0, 0.05) is 5.56 Å². The molecule has 2 aliphatic rings. The number of benzene rings is 2. The van der Waals surface area contributed by atoms with Gasteiger partial charge in [-0.25, -0.2) is 8.42 Å². The highest BCUT2D eigenvalue weighted by Gasteiger charge is 2.61. The van der Waals surface area contributed by atoms with Crippen LogP contribution >= 0.6 is 0 Å². The highest BCUT2D eigenvalue weighted by molar-refractivity contribution is 7.91. The van der Waals surface area contributed by atoms with E-state index in [-0.39, 0.29) is 11.9 Å². The van der Waals surface area contributed by atoms with Gasteiger partial charge in [0.1, 0.15) is 5.60 Å². The van der Waals surface area contributed by atoms with E-state index in [1.54, 1.807) is 12.1 Å². The van der Waals surface area contributed by atoms with E-state index in [1.165, 1.54) is 0 Å². The Kier molecular flexibility index (Phi) is 2.38. The van der Waals surface area contributed by atoms with Crippen molar-refractivity contribution < 1.29 is 13.2 Å². The zero-order valence-electron chi connectivity index (χ0n) is 10.8. The summed E-state index contributed by atoms with van der Waals surface area (Å²) in [5.41, 5.74) is 1.25. The van der Waals surface area contributed by atoms with Crippen LogP contribution in [-0.4, -0.2) is 20.3 Å². The molecule has 0 spiro atoms. The molecule has 20 heavy (non-hydrogen) atoms. The molecule has 0 aromatic heterocycles. The monoisotopic (exact) mass is 286 g/mol. The van der Waals surface area contributed by atoms with Gasteiger partial charge in [-0.15, -0.1) is 0 Å². The Labute approximate surface area is 118 Å². The number of fused-ring (bicyclic) bond motifs is 3. The van der Waals surface area contributed by atoms with E-state index in [0.29, 0.717) is 11.3 Å². The third kappa shape index (κ3) is 1.52. The standard InChI is InChI=1S/C16H14O3S/c17-20(18)11-10-15-16(19-15,12-6-2-1-3-7-12)13-8-4-5-9-14(13)20/h1-9,15H,10-11H2/t15-,16+/m1/s1. The fourth-order valence-corrected chi connectivity index (χ4v) is 4.79. The molecule has 0 amide bonds. The first kappa shape index (κ1) is 12.1. The first-order valence-corrected chi connectivity index (χ1v) is 8.35. The maximum Gasteiger partial charge on any atom is 0.178 e. The van der Waals surface area contributed by atoms with Gasteiger partial charge in [-0.3, -0.25) is 0 Å². The summed E-state index contributed by atoms with van der Waals surface area (Å²) in [4.78, 5) is 0.420. The van der Waals surface area contributed by atoms with Crippen LogP contribution in [0.4, 0.5) is 0 Å². The van der Waals surface area contributed by atoms with Crippen LogP contribution in [0, 0.1) is 0 Å². The van der Waals surface area contributed by atoms with E-state index in [0.717, 1.165) is 11.1 Å². The quantitative estimate of drug-likeness (QED) is 0.757. The number of hydrogen-bond donors (Lipinski definition) is 0. The van der Waals surface area contributed by atoms with Gasteiger partial charge < -0.3 is 4.74 Å². The molecule has 0 saturated carbocycles. The van der Waals surface area contributed by atoms with Crippen molar-refractivity contribution in [1.82, 2.24) is 0 Å². The van der Waals surface area contributed by atoms with Gasteiger partial charge in [-0.05, 0) is 18.1 Å². The van der Waals surface area contributed by atoms with Crippen molar-refractivity contribution in [2.24, 2.45) is 0 Å². The Morgan fingerprint density at radius 2 is 1.70 bits per heavy atom. The van der Waals surface area contributed by atoms with E-state index >= 15 is 0 Å². The molecule has 4 rings (SSSR count). The van der Waals surface area contributed by atoms with Gasteiger partial charge in [0.25, 0.3) is 0 Å². The van der Waals surface area contributed by atoms with Gasteiger partial charge in [0.15, 0.2) is 9.84 Å². The Morgan fingerprint density at radius 3 is 2.50 bits per heavy atom. The van der Waals surface area contributed by atoms with Crippen LogP contribution in [0.2, 0.25) is 0 Å². The lowest BCUT2D eigenvalue weighted by Gasteiger charge is -2.16. The van der Waals surface area contributed by atoms with Crippen molar-refractivity contribution >= 4 is 9.84 Å². The lowest BCUT2D eigenvalue weighted by molar-refractivity contribution is 0.321. The van der Waals surface area contributed by atoms with Crippen molar-refractivity contribution in [3.05, 3.63) is 65.7 Å². The molecule has 2 aromatic carbocycles. The molecular weight excluding hydrogens is 272 g/mol. The third-order valence-electron chi connectivity index (χ3n) is 4.20. The number of hydrogen-bond acceptors (Lipinski definition) is 3. The molecule has 1 fully saturated rings. The van der Waals surface area contributed by atoms with Crippen LogP contribution in [0.25, 0.3) is 0 Å². The second-order valence-electron chi connectivity index (χ2n) is 5.31. The Hall–Kier alpha value is -1.65. The highest BCUT2D eigenvalue weighted by atomic mass is 32.2. The molecule has 2 aliphatic heterocycles. The minimum atomic E-state index is -3.21. The van der Waals surface area contributed by atoms with Gasteiger partial charge >= 0.3 is 0 Å². The number of sulfone groups is 1. The molecule has 0 N–H and O–H groups in total. The average Bonchev–Trinajstić information content (AvgIpc) is 3.22. The second kappa shape index (κ2) is 3.93. The van der Waals surface area contributed by atoms with Crippen LogP contribution in [0.3, 0.4) is 0 Å². The SMILES string of the molecule is O=S1(=O)CC[C@H]2O[C@@]2(c2ccccc2)c2ccccc21. The smallest absolute Gasteiger partial charge is 0.178 e. The summed E-state index contributed by atoms with van der Waals surface area (Å²) in [5, 5.41) is 0. The molecule has 0 bridgehead atoms. The van der Waals surface area contributed by atoms with Crippen molar-refractivity contribution in [2.45, 2.75) is 23.0 Å². The van der Waals surface area contributed by atoms with Crippen LogP contribution < -0.4 is 0 Å². The van der Waals surface area contributed by atoms with E-state index in [4.69, 9.17) is 4.74 Å². The van der Waals surface area contributed by atoms with Crippen LogP contribution in [0.15, 0.2) is 59.5 Å². The summed E-state index contributed by atoms with van der Waals surface area (Å²) >= 11 is 0. The Bertz CT molecular complexity index is 767. The highest BCUT2D eigenvalue weighted by Crippen LogP contribution is 2.56. The lowest BCUT2D eigenvalue weighted by atomic mass is 9.87. The van der Waals surface area contributed by atoms with E-state index < -0.39 is 15.4 Å². The van der Waals surface area contributed by atoms with Crippen molar-refractivity contribution in [2.75, 3.05) is 5.75 Å². The average molecular weight is 286 g/mol. The third-order valence-corrected chi connectivity index (χ3v) is 6.00. The van der Waals surface area contributed by atoms with Gasteiger partial charge in [-0.2, -0.15) is 0 Å². The van der Waals surface area contributed by atoms with Crippen LogP contribution in [-0.2, 0) is 20.2 Å². The minimum Gasteiger partial charge on any atom is -0.356 e. The molecule has 0 radical (unpaired) electrons. The molecule has 102 valence electrons. The molecule has 2 atom stereocenters. The predicted molar refractivity (Wildman–Crippen MR) is 75.2 cm³/mol. The molecule has 3 nitrogen and oxygen atoms in total. The molecule has 0 unspecified atom stereocenters. The number of rotatable bonds is 1. The first-order valence-electron chi connectivity index (χ1n) is 6.70. The summed E-state index contributed by atoms with van der Waals surface area (Å²) in [5.74, 6) is 0.156. The van der Waals surface area contributed by atoms with Gasteiger partial charge in [-0.1, -0.05) is 48.5 Å². The van der Waals surface area contributed by atoms with E-state index in [1.807, 2.05) is 42.5 Å². The summed E-state index contributed by atoms with van der Waals surface area (Å²) < 4.78 is 30.7. The van der Waals surface area contributed by atoms with Crippen molar-refractivity contribution in [1.29, 1.82) is 0 Å². The summed E-state index contributed by atoms with van der Waals surface area (Å²) in [6.45, 7) is 0. The maximum absolute atomic E-state index is 12.4. The topological polar surface area (TPSA) is 46.7 Å². The predicted octanol–water partition coefficient (Wildman–Crippen LogP) is 2.51. The Balaban J connectivity index is 2.00. The number of ether oxygens (including phenoxy) is 1. The zero-order chi connectivity index (χ0) is 13.8. The fourth-order valence-electron chi connectivity index (χ4n) is 3.20. The summed E-state index contributed by atoms with van der Waals surface area (Å²) in [6.07, 6.45) is 0.509. The van der Waals surface area contributed by atoms with E-state index in [9.17, 15) is 8.42 Å². The molecule has 1 saturated heterocycles. The summed E-state index contributed by atoms with van der Waals surface area (Å²) in [6, 6.07) is 17.1.